The molecule has 1 saturated heterocycles. The maximum atomic E-state index is 13.6. The van der Waals surface area contributed by atoms with Crippen LogP contribution >= 0.6 is 0 Å². The molecule has 0 bridgehead atoms. The number of aromatic nitrogens is 3. The Morgan fingerprint density at radius 1 is 1.07 bits per heavy atom. The quantitative estimate of drug-likeness (QED) is 0.386. The maximum absolute atomic E-state index is 13.6. The molecule has 0 atom stereocenters. The summed E-state index contributed by atoms with van der Waals surface area (Å²) in [6.07, 6.45) is 5.92. The molecule has 2 aromatic heterocycles. The molecule has 1 spiro atoms. The molecule has 3 aromatic rings. The summed E-state index contributed by atoms with van der Waals surface area (Å²) in [5, 5.41) is 11.5. The third-order valence-corrected chi connectivity index (χ3v) is 7.45. The van der Waals surface area contributed by atoms with Gasteiger partial charge >= 0.3 is 25.0 Å². The number of pyridine rings is 1. The molecule has 3 aliphatic rings. The molecule has 0 unspecified atom stereocenters. The van der Waals surface area contributed by atoms with Crippen molar-refractivity contribution in [2.24, 2.45) is 5.41 Å². The number of hydrogen-bond acceptors (Lipinski definition) is 10. The van der Waals surface area contributed by atoms with Crippen molar-refractivity contribution in [2.45, 2.75) is 58.4 Å². The van der Waals surface area contributed by atoms with Gasteiger partial charge in [0.25, 0.3) is 0 Å². The average Bonchev–Trinajstić information content (AvgIpc) is 3.31. The van der Waals surface area contributed by atoms with Gasteiger partial charge in [0.15, 0.2) is 11.6 Å². The van der Waals surface area contributed by atoms with Gasteiger partial charge in [0.05, 0.1) is 30.9 Å². The molecule has 2 fully saturated rings. The Morgan fingerprint density at radius 3 is 2.55 bits per heavy atom. The zero-order valence-electron chi connectivity index (χ0n) is 23.9. The van der Waals surface area contributed by atoms with Gasteiger partial charge in [0.1, 0.15) is 35.3 Å². The number of fused-ring (bicyclic) bond motifs is 1. The number of ether oxygens (including phenoxy) is 3. The van der Waals surface area contributed by atoms with Crippen molar-refractivity contribution in [2.75, 3.05) is 18.0 Å². The van der Waals surface area contributed by atoms with Crippen LogP contribution in [-0.2, 0) is 17.8 Å². The number of carbonyl (C=O) groups is 2. The molecule has 0 N–H and O–H groups in total. The fourth-order valence-electron chi connectivity index (χ4n) is 5.64. The topological polar surface area (TPSA) is 130 Å². The number of carboxylic acid groups (broad SMARTS) is 1. The van der Waals surface area contributed by atoms with E-state index in [2.05, 4.69) is 15.0 Å². The van der Waals surface area contributed by atoms with Gasteiger partial charge in [-0.1, -0.05) is 0 Å². The normalized spacial score (nSPS) is 17.0. The maximum Gasteiger partial charge on any atom is 1.00 e. The summed E-state index contributed by atoms with van der Waals surface area (Å²) in [5.74, 6) is -0.761. The van der Waals surface area contributed by atoms with E-state index < -0.39 is 23.0 Å². The van der Waals surface area contributed by atoms with Crippen molar-refractivity contribution in [1.82, 2.24) is 19.9 Å². The van der Waals surface area contributed by atoms with Gasteiger partial charge in [-0.25, -0.2) is 19.2 Å². The SMILES string of the molecule is CC(C)(C)OC(=O)N1Cc2nccc(OC3CC4(C3)CN(c3ncncc3Oc3ccc(F)cc3C(=O)[O-])C4)c2C1.[Li+]. The number of carboxylic acids is 1. The van der Waals surface area contributed by atoms with Crippen molar-refractivity contribution in [3.05, 3.63) is 65.6 Å². The number of halogens is 1. The van der Waals surface area contributed by atoms with Gasteiger partial charge in [-0.3, -0.25) is 9.88 Å². The van der Waals surface area contributed by atoms with Gasteiger partial charge < -0.3 is 29.0 Å². The average molecular weight is 570 g/mol. The summed E-state index contributed by atoms with van der Waals surface area (Å²) in [4.78, 5) is 40.5. The summed E-state index contributed by atoms with van der Waals surface area (Å²) in [5.41, 5.74) is 0.826. The van der Waals surface area contributed by atoms with Crippen LogP contribution in [0.4, 0.5) is 15.0 Å². The summed E-state index contributed by atoms with van der Waals surface area (Å²) in [6, 6.07) is 5.06. The molecule has 2 aliphatic heterocycles. The largest absolute Gasteiger partial charge is 1.00 e. The second-order valence-corrected chi connectivity index (χ2v) is 11.8. The van der Waals surface area contributed by atoms with Crippen molar-refractivity contribution in [3.63, 3.8) is 0 Å². The van der Waals surface area contributed by atoms with E-state index in [1.807, 2.05) is 31.7 Å². The molecule has 1 aromatic carbocycles. The van der Waals surface area contributed by atoms with E-state index in [0.29, 0.717) is 18.9 Å². The first kappa shape index (κ1) is 29.6. The number of rotatable bonds is 6. The fourth-order valence-corrected chi connectivity index (χ4v) is 5.64. The number of aromatic carboxylic acids is 1. The van der Waals surface area contributed by atoms with Crippen molar-refractivity contribution < 1.29 is 52.2 Å². The number of benzene rings is 1. The van der Waals surface area contributed by atoms with Crippen LogP contribution in [0.25, 0.3) is 0 Å². The first-order valence-electron chi connectivity index (χ1n) is 13.3. The molecule has 1 aliphatic carbocycles. The minimum Gasteiger partial charge on any atom is -0.545 e. The summed E-state index contributed by atoms with van der Waals surface area (Å²) >= 11 is 0. The van der Waals surface area contributed by atoms with E-state index in [9.17, 15) is 19.1 Å². The summed E-state index contributed by atoms with van der Waals surface area (Å²) < 4.78 is 31.3. The minimum absolute atomic E-state index is 0. The summed E-state index contributed by atoms with van der Waals surface area (Å²) in [6.45, 7) is 7.74. The van der Waals surface area contributed by atoms with Crippen LogP contribution in [0.15, 0.2) is 43.0 Å². The van der Waals surface area contributed by atoms with Crippen molar-refractivity contribution in [1.29, 1.82) is 0 Å². The second-order valence-electron chi connectivity index (χ2n) is 11.8. The molecule has 1 amide bonds. The van der Waals surface area contributed by atoms with Gasteiger partial charge in [-0.05, 0) is 57.9 Å². The second kappa shape index (κ2) is 11.1. The Balaban J connectivity index is 0.00000353. The van der Waals surface area contributed by atoms with E-state index in [4.69, 9.17) is 14.2 Å². The molecule has 4 heterocycles. The predicted molar refractivity (Wildman–Crippen MR) is 141 cm³/mol. The zero-order chi connectivity index (χ0) is 28.9. The molecular weight excluding hydrogens is 540 g/mol. The van der Waals surface area contributed by atoms with Crippen LogP contribution in [0, 0.1) is 11.2 Å². The fraction of sp³-hybridized carbons (Fsp3) is 0.414. The van der Waals surface area contributed by atoms with Crippen molar-refractivity contribution >= 4 is 17.9 Å². The van der Waals surface area contributed by atoms with Crippen LogP contribution < -0.4 is 38.3 Å². The molecule has 13 heteroatoms. The standard InChI is InChI=1S/C29H30FN5O6.Li/c1-28(2,3)41-27(38)34-12-20-21(13-34)32-7-6-23(20)39-18-9-29(10-18)14-35(15-29)25-24(11-31-16-33-25)40-22-5-4-17(30)8-19(22)26(36)37;/h4-8,11,16,18H,9-10,12-15H2,1-3H3,(H,36,37);/q;+1/p-1. The Kier molecular flexibility index (Phi) is 7.81. The molecule has 0 radical (unpaired) electrons. The Hall–Kier alpha value is -3.88. The molecule has 1 saturated carbocycles. The van der Waals surface area contributed by atoms with Crippen LogP contribution in [0.5, 0.6) is 17.2 Å². The Bertz CT molecular complexity index is 1520. The third kappa shape index (κ3) is 5.87. The van der Waals surface area contributed by atoms with Crippen molar-refractivity contribution in [3.8, 4) is 17.2 Å². The smallest absolute Gasteiger partial charge is 0.545 e. The first-order valence-corrected chi connectivity index (χ1v) is 13.3. The van der Waals surface area contributed by atoms with E-state index in [1.54, 1.807) is 11.1 Å². The third-order valence-electron chi connectivity index (χ3n) is 7.45. The van der Waals surface area contributed by atoms with Gasteiger partial charge in [-0.2, -0.15) is 0 Å². The Labute approximate surface area is 254 Å². The number of anilines is 1. The predicted octanol–water partition coefficient (Wildman–Crippen LogP) is 0.469. The summed E-state index contributed by atoms with van der Waals surface area (Å²) in [7, 11) is 0. The van der Waals surface area contributed by atoms with Crippen LogP contribution in [-0.4, -0.2) is 56.7 Å². The minimum atomic E-state index is -1.54. The number of carbonyl (C=O) groups excluding carboxylic acids is 2. The first-order chi connectivity index (χ1) is 19.5. The molecular formula is C29H29FLiN5O6. The van der Waals surface area contributed by atoms with Gasteiger partial charge in [-0.15, -0.1) is 0 Å². The van der Waals surface area contributed by atoms with E-state index >= 15 is 0 Å². The number of nitrogens with zero attached hydrogens (tertiary/aromatic N) is 5. The molecule has 214 valence electrons. The van der Waals surface area contributed by atoms with Gasteiger partial charge in [0.2, 0.25) is 0 Å². The van der Waals surface area contributed by atoms with Crippen LogP contribution in [0.3, 0.4) is 0 Å². The van der Waals surface area contributed by atoms with E-state index in [1.165, 1.54) is 18.6 Å². The zero-order valence-corrected chi connectivity index (χ0v) is 23.9. The molecule has 11 nitrogen and oxygen atoms in total. The number of amides is 1. The molecule has 42 heavy (non-hydrogen) atoms. The monoisotopic (exact) mass is 569 g/mol. The van der Waals surface area contributed by atoms with E-state index in [0.717, 1.165) is 55.1 Å². The van der Waals surface area contributed by atoms with Crippen LogP contribution in [0.2, 0.25) is 0 Å². The molecule has 6 rings (SSSR count). The Morgan fingerprint density at radius 2 is 1.83 bits per heavy atom. The van der Waals surface area contributed by atoms with Crippen LogP contribution in [0.1, 0.15) is 55.2 Å². The van der Waals surface area contributed by atoms with E-state index in [-0.39, 0.29) is 48.0 Å². The van der Waals surface area contributed by atoms with Gasteiger partial charge in [0, 0.05) is 35.8 Å². The number of hydrogen-bond donors (Lipinski definition) is 0.